The fourth-order valence-corrected chi connectivity index (χ4v) is 2.40. The van der Waals surface area contributed by atoms with Gasteiger partial charge in [0, 0.05) is 44.5 Å². The predicted octanol–water partition coefficient (Wildman–Crippen LogP) is 2.14. The van der Waals surface area contributed by atoms with Crippen molar-refractivity contribution >= 4 is 11.8 Å². The minimum absolute atomic E-state index is 0.773. The van der Waals surface area contributed by atoms with Crippen LogP contribution in [0.25, 0.3) is 0 Å². The van der Waals surface area contributed by atoms with Crippen LogP contribution in [0.4, 0.5) is 11.8 Å². The molecule has 20 heavy (non-hydrogen) atoms. The summed E-state index contributed by atoms with van der Waals surface area (Å²) >= 11 is 0. The van der Waals surface area contributed by atoms with Crippen molar-refractivity contribution in [3.8, 4) is 0 Å². The van der Waals surface area contributed by atoms with Crippen LogP contribution in [0.1, 0.15) is 31.9 Å². The van der Waals surface area contributed by atoms with Gasteiger partial charge in [0.25, 0.3) is 0 Å². The highest BCUT2D eigenvalue weighted by molar-refractivity contribution is 5.45. The standard InChI is InChI=1S/C15H27N5/c1-4-5-6-7-16-15-17-13(2)12-14(18-15)20-10-8-19(3)9-11-20/h12H,4-11H2,1-3H3,(H,16,17,18). The van der Waals surface area contributed by atoms with Crippen molar-refractivity contribution in [3.63, 3.8) is 0 Å². The second kappa shape index (κ2) is 7.43. The average molecular weight is 277 g/mol. The number of hydrogen-bond acceptors (Lipinski definition) is 5. The van der Waals surface area contributed by atoms with Crippen LogP contribution in [-0.4, -0.2) is 54.6 Å². The third-order valence-corrected chi connectivity index (χ3v) is 3.73. The Morgan fingerprint density at radius 3 is 2.60 bits per heavy atom. The van der Waals surface area contributed by atoms with E-state index in [9.17, 15) is 0 Å². The van der Waals surface area contributed by atoms with Crippen LogP contribution >= 0.6 is 0 Å². The molecule has 0 bridgehead atoms. The monoisotopic (exact) mass is 277 g/mol. The zero-order chi connectivity index (χ0) is 14.4. The lowest BCUT2D eigenvalue weighted by molar-refractivity contribution is 0.312. The summed E-state index contributed by atoms with van der Waals surface area (Å²) in [5.41, 5.74) is 1.03. The van der Waals surface area contributed by atoms with Crippen molar-refractivity contribution in [2.24, 2.45) is 0 Å². The Bertz CT molecular complexity index is 413. The van der Waals surface area contributed by atoms with Gasteiger partial charge >= 0.3 is 0 Å². The summed E-state index contributed by atoms with van der Waals surface area (Å²) in [6, 6.07) is 2.09. The number of rotatable bonds is 6. The van der Waals surface area contributed by atoms with Crippen LogP contribution < -0.4 is 10.2 Å². The Morgan fingerprint density at radius 2 is 1.90 bits per heavy atom. The van der Waals surface area contributed by atoms with Crippen molar-refractivity contribution in [1.82, 2.24) is 14.9 Å². The van der Waals surface area contributed by atoms with Crippen LogP contribution in [0.5, 0.6) is 0 Å². The highest BCUT2D eigenvalue weighted by Gasteiger charge is 2.16. The van der Waals surface area contributed by atoms with Gasteiger partial charge in [0.1, 0.15) is 5.82 Å². The second-order valence-corrected chi connectivity index (χ2v) is 5.62. The Balaban J connectivity index is 1.97. The van der Waals surface area contributed by atoms with Crippen LogP contribution in [0, 0.1) is 6.92 Å². The van der Waals surface area contributed by atoms with E-state index in [0.717, 1.165) is 50.2 Å². The summed E-state index contributed by atoms with van der Waals surface area (Å²) in [5.74, 6) is 1.83. The van der Waals surface area contributed by atoms with Gasteiger partial charge in [0.15, 0.2) is 0 Å². The number of aryl methyl sites for hydroxylation is 1. The molecule has 1 aliphatic heterocycles. The van der Waals surface area contributed by atoms with Gasteiger partial charge in [-0.05, 0) is 20.4 Å². The fraction of sp³-hybridized carbons (Fsp3) is 0.733. The third-order valence-electron chi connectivity index (χ3n) is 3.73. The highest BCUT2D eigenvalue weighted by Crippen LogP contribution is 2.16. The Kier molecular flexibility index (Phi) is 5.59. The quantitative estimate of drug-likeness (QED) is 0.807. The van der Waals surface area contributed by atoms with E-state index in [1.807, 2.05) is 6.92 Å². The van der Waals surface area contributed by atoms with Gasteiger partial charge in [0.05, 0.1) is 0 Å². The molecule has 0 aromatic carbocycles. The van der Waals surface area contributed by atoms with Crippen LogP contribution in [0.15, 0.2) is 6.07 Å². The molecule has 0 spiro atoms. The largest absolute Gasteiger partial charge is 0.354 e. The molecule has 1 aromatic heterocycles. The first kappa shape index (κ1) is 15.0. The summed E-state index contributed by atoms with van der Waals surface area (Å²) in [7, 11) is 2.17. The molecule has 0 radical (unpaired) electrons. The van der Waals surface area contributed by atoms with Gasteiger partial charge < -0.3 is 15.1 Å². The maximum atomic E-state index is 4.67. The highest BCUT2D eigenvalue weighted by atomic mass is 15.3. The van der Waals surface area contributed by atoms with Gasteiger partial charge in [-0.25, -0.2) is 4.98 Å². The second-order valence-electron chi connectivity index (χ2n) is 5.62. The van der Waals surface area contributed by atoms with Crippen LogP contribution in [-0.2, 0) is 0 Å². The molecule has 0 aliphatic carbocycles. The van der Waals surface area contributed by atoms with E-state index in [1.165, 1.54) is 19.3 Å². The number of likely N-dealkylation sites (N-methyl/N-ethyl adjacent to an activating group) is 1. The molecular formula is C15H27N5. The molecule has 1 saturated heterocycles. The van der Waals surface area contributed by atoms with E-state index in [1.54, 1.807) is 0 Å². The Hall–Kier alpha value is -1.36. The van der Waals surface area contributed by atoms with Gasteiger partial charge in [-0.2, -0.15) is 4.98 Å². The van der Waals surface area contributed by atoms with Crippen molar-refractivity contribution in [3.05, 3.63) is 11.8 Å². The topological polar surface area (TPSA) is 44.3 Å². The van der Waals surface area contributed by atoms with E-state index < -0.39 is 0 Å². The normalized spacial score (nSPS) is 16.4. The van der Waals surface area contributed by atoms with E-state index in [0.29, 0.717) is 0 Å². The lowest BCUT2D eigenvalue weighted by atomic mass is 10.2. The van der Waals surface area contributed by atoms with E-state index >= 15 is 0 Å². The molecule has 0 unspecified atom stereocenters. The SMILES string of the molecule is CCCCCNc1nc(C)cc(N2CCN(C)CC2)n1. The molecule has 2 rings (SSSR count). The van der Waals surface area contributed by atoms with Crippen LogP contribution in [0.3, 0.4) is 0 Å². The maximum Gasteiger partial charge on any atom is 0.224 e. The molecule has 1 aliphatic rings. The van der Waals surface area contributed by atoms with Gasteiger partial charge in [-0.15, -0.1) is 0 Å². The summed E-state index contributed by atoms with van der Waals surface area (Å²) in [4.78, 5) is 13.9. The van der Waals surface area contributed by atoms with Crippen molar-refractivity contribution in [1.29, 1.82) is 0 Å². The maximum absolute atomic E-state index is 4.67. The smallest absolute Gasteiger partial charge is 0.224 e. The average Bonchev–Trinajstić information content (AvgIpc) is 2.44. The van der Waals surface area contributed by atoms with E-state index in [2.05, 4.69) is 45.1 Å². The predicted molar refractivity (Wildman–Crippen MR) is 84.5 cm³/mol. The van der Waals surface area contributed by atoms with E-state index in [-0.39, 0.29) is 0 Å². The minimum atomic E-state index is 0.773. The zero-order valence-corrected chi connectivity index (χ0v) is 13.0. The van der Waals surface area contributed by atoms with Gasteiger partial charge in [-0.3, -0.25) is 0 Å². The minimum Gasteiger partial charge on any atom is -0.354 e. The molecule has 0 atom stereocenters. The molecule has 112 valence electrons. The number of aromatic nitrogens is 2. The zero-order valence-electron chi connectivity index (χ0n) is 13.0. The number of nitrogens with one attached hydrogen (secondary N) is 1. The first-order valence-corrected chi connectivity index (χ1v) is 7.72. The molecule has 5 heteroatoms. The fourth-order valence-electron chi connectivity index (χ4n) is 2.40. The number of anilines is 2. The summed E-state index contributed by atoms with van der Waals surface area (Å²) in [5, 5.41) is 3.35. The summed E-state index contributed by atoms with van der Waals surface area (Å²) in [6.07, 6.45) is 3.67. The first-order valence-electron chi connectivity index (χ1n) is 7.72. The number of unbranched alkanes of at least 4 members (excludes halogenated alkanes) is 2. The molecule has 2 heterocycles. The molecule has 0 saturated carbocycles. The van der Waals surface area contributed by atoms with Crippen LogP contribution in [0.2, 0.25) is 0 Å². The van der Waals surface area contributed by atoms with Crippen molar-refractivity contribution in [2.45, 2.75) is 33.1 Å². The van der Waals surface area contributed by atoms with Gasteiger partial charge in [-0.1, -0.05) is 19.8 Å². The third kappa shape index (κ3) is 4.34. The van der Waals surface area contributed by atoms with E-state index in [4.69, 9.17) is 0 Å². The lowest BCUT2D eigenvalue weighted by Crippen LogP contribution is -2.44. The summed E-state index contributed by atoms with van der Waals surface area (Å²) in [6.45, 7) is 9.50. The van der Waals surface area contributed by atoms with Crippen molar-refractivity contribution < 1.29 is 0 Å². The molecule has 1 aromatic rings. The number of piperazine rings is 1. The first-order chi connectivity index (χ1) is 9.69. The summed E-state index contributed by atoms with van der Waals surface area (Å²) < 4.78 is 0. The Labute approximate surface area is 122 Å². The lowest BCUT2D eigenvalue weighted by Gasteiger charge is -2.33. The molecule has 1 fully saturated rings. The van der Waals surface area contributed by atoms with Crippen molar-refractivity contribution in [2.75, 3.05) is 50.0 Å². The number of nitrogens with zero attached hydrogens (tertiary/aromatic N) is 4. The van der Waals surface area contributed by atoms with Gasteiger partial charge in [0.2, 0.25) is 5.95 Å². The molecule has 1 N–H and O–H groups in total. The number of hydrogen-bond donors (Lipinski definition) is 1. The molecule has 0 amide bonds. The molecular weight excluding hydrogens is 250 g/mol. The Morgan fingerprint density at radius 1 is 1.15 bits per heavy atom. The molecule has 5 nitrogen and oxygen atoms in total.